The molecule has 0 aliphatic carbocycles. The van der Waals surface area contributed by atoms with Gasteiger partial charge in [-0.15, -0.1) is 0 Å². The predicted molar refractivity (Wildman–Crippen MR) is 80.0 cm³/mol. The summed E-state index contributed by atoms with van der Waals surface area (Å²) in [7, 11) is 0. The van der Waals surface area contributed by atoms with E-state index in [0.29, 0.717) is 13.2 Å². The van der Waals surface area contributed by atoms with E-state index >= 15 is 0 Å². The van der Waals surface area contributed by atoms with E-state index in [1.807, 2.05) is 54.6 Å². The van der Waals surface area contributed by atoms with Gasteiger partial charge in [-0.3, -0.25) is 0 Å². The van der Waals surface area contributed by atoms with Gasteiger partial charge in [-0.2, -0.15) is 10.2 Å². The Hall–Kier alpha value is -2.62. The molecule has 20 heavy (non-hydrogen) atoms. The first-order valence-corrected chi connectivity index (χ1v) is 6.55. The van der Waals surface area contributed by atoms with Gasteiger partial charge in [-0.25, -0.2) is 0 Å². The summed E-state index contributed by atoms with van der Waals surface area (Å²) < 4.78 is 5.64. The molecule has 0 atom stereocenters. The molecule has 0 aliphatic rings. The van der Waals surface area contributed by atoms with Crippen molar-refractivity contribution in [3.63, 3.8) is 0 Å². The van der Waals surface area contributed by atoms with Crippen LogP contribution in [-0.2, 0) is 0 Å². The minimum Gasteiger partial charge on any atom is -0.492 e. The van der Waals surface area contributed by atoms with Crippen molar-refractivity contribution >= 4 is 16.6 Å². The number of rotatable bonds is 5. The number of benzene rings is 2. The summed E-state index contributed by atoms with van der Waals surface area (Å²) in [5.41, 5.74) is 1.87. The molecule has 0 saturated heterocycles. The molecule has 0 amide bonds. The van der Waals surface area contributed by atoms with Crippen molar-refractivity contribution in [3.8, 4) is 5.75 Å². The van der Waals surface area contributed by atoms with E-state index < -0.39 is 0 Å². The first-order valence-electron chi connectivity index (χ1n) is 6.55. The van der Waals surface area contributed by atoms with E-state index in [9.17, 15) is 0 Å². The van der Waals surface area contributed by atoms with Gasteiger partial charge in [0.2, 0.25) is 0 Å². The number of fused-ring (bicyclic) bond motifs is 1. The number of aromatic nitrogens is 2. The van der Waals surface area contributed by atoms with Crippen molar-refractivity contribution in [3.05, 3.63) is 60.8 Å². The van der Waals surface area contributed by atoms with Crippen LogP contribution in [0.3, 0.4) is 0 Å². The minimum absolute atomic E-state index is 0.598. The number of para-hydroxylation sites is 1. The van der Waals surface area contributed by atoms with Crippen LogP contribution in [0.5, 0.6) is 5.75 Å². The molecule has 100 valence electrons. The fraction of sp³-hybridized carbons (Fsp3) is 0.125. The van der Waals surface area contributed by atoms with Gasteiger partial charge in [0.25, 0.3) is 0 Å². The molecule has 0 saturated carbocycles. The van der Waals surface area contributed by atoms with Crippen molar-refractivity contribution in [2.75, 3.05) is 18.5 Å². The molecule has 0 spiro atoms. The minimum atomic E-state index is 0.598. The van der Waals surface area contributed by atoms with Crippen molar-refractivity contribution in [1.29, 1.82) is 0 Å². The predicted octanol–water partition coefficient (Wildman–Crippen LogP) is 3.12. The summed E-state index contributed by atoms with van der Waals surface area (Å²) in [6.45, 7) is 1.31. The third-order valence-electron chi connectivity index (χ3n) is 2.98. The Kier molecular flexibility index (Phi) is 3.73. The number of nitrogens with zero attached hydrogens (tertiary/aromatic N) is 2. The zero-order chi connectivity index (χ0) is 13.6. The molecule has 1 aromatic heterocycles. The second-order valence-electron chi connectivity index (χ2n) is 4.36. The van der Waals surface area contributed by atoms with Gasteiger partial charge in [-0.1, -0.05) is 36.4 Å². The van der Waals surface area contributed by atoms with E-state index in [4.69, 9.17) is 4.74 Å². The molecule has 0 bridgehead atoms. The summed E-state index contributed by atoms with van der Waals surface area (Å²) in [6, 6.07) is 17.7. The van der Waals surface area contributed by atoms with Crippen LogP contribution in [0.4, 0.5) is 5.69 Å². The second kappa shape index (κ2) is 6.02. The maximum absolute atomic E-state index is 5.64. The Bertz CT molecular complexity index is 680. The Balaban J connectivity index is 1.60. The van der Waals surface area contributed by atoms with Gasteiger partial charge in [0, 0.05) is 11.9 Å². The van der Waals surface area contributed by atoms with Crippen LogP contribution in [0.25, 0.3) is 10.9 Å². The number of hydrogen-bond acceptors (Lipinski definition) is 4. The molecule has 0 radical (unpaired) electrons. The van der Waals surface area contributed by atoms with Crippen molar-refractivity contribution in [1.82, 2.24) is 10.2 Å². The summed E-state index contributed by atoms with van der Waals surface area (Å²) in [5, 5.41) is 12.5. The molecular weight excluding hydrogens is 250 g/mol. The third kappa shape index (κ3) is 2.85. The monoisotopic (exact) mass is 265 g/mol. The Morgan fingerprint density at radius 2 is 1.75 bits per heavy atom. The van der Waals surface area contributed by atoms with E-state index in [1.165, 1.54) is 0 Å². The highest BCUT2D eigenvalue weighted by atomic mass is 16.5. The topological polar surface area (TPSA) is 47.0 Å². The summed E-state index contributed by atoms with van der Waals surface area (Å²) in [6.07, 6.45) is 1.74. The molecule has 0 aliphatic heterocycles. The van der Waals surface area contributed by atoms with Crippen molar-refractivity contribution < 1.29 is 4.74 Å². The fourth-order valence-electron chi connectivity index (χ4n) is 2.02. The summed E-state index contributed by atoms with van der Waals surface area (Å²) in [4.78, 5) is 0. The quantitative estimate of drug-likeness (QED) is 0.720. The number of nitrogens with one attached hydrogen (secondary N) is 1. The summed E-state index contributed by atoms with van der Waals surface area (Å²) in [5.74, 6) is 0.881. The van der Waals surface area contributed by atoms with Gasteiger partial charge in [0.05, 0.1) is 17.4 Å². The van der Waals surface area contributed by atoms with Crippen LogP contribution in [0.2, 0.25) is 0 Å². The number of ether oxygens (including phenoxy) is 1. The lowest BCUT2D eigenvalue weighted by atomic mass is 10.2. The fourth-order valence-corrected chi connectivity index (χ4v) is 2.02. The standard InChI is InChI=1S/C16H15N3O/c1-2-6-13(7-3-1)20-11-10-17-16-12-18-19-15-9-5-4-8-14(15)16/h1-9,12H,10-11H2,(H,17,19). The molecule has 4 heteroatoms. The maximum atomic E-state index is 5.64. The summed E-state index contributed by atoms with van der Waals surface area (Å²) >= 11 is 0. The lowest BCUT2D eigenvalue weighted by Crippen LogP contribution is -2.12. The van der Waals surface area contributed by atoms with Gasteiger partial charge < -0.3 is 10.1 Å². The third-order valence-corrected chi connectivity index (χ3v) is 2.98. The zero-order valence-corrected chi connectivity index (χ0v) is 11.0. The first kappa shape index (κ1) is 12.4. The molecule has 3 rings (SSSR count). The Morgan fingerprint density at radius 3 is 2.65 bits per heavy atom. The second-order valence-corrected chi connectivity index (χ2v) is 4.36. The Labute approximate surface area is 117 Å². The van der Waals surface area contributed by atoms with E-state index in [-0.39, 0.29) is 0 Å². The molecule has 2 aromatic carbocycles. The number of anilines is 1. The lowest BCUT2D eigenvalue weighted by molar-refractivity contribution is 0.333. The van der Waals surface area contributed by atoms with E-state index in [1.54, 1.807) is 6.20 Å². The number of hydrogen-bond donors (Lipinski definition) is 1. The molecule has 1 N–H and O–H groups in total. The van der Waals surface area contributed by atoms with Gasteiger partial charge in [0.15, 0.2) is 0 Å². The van der Waals surface area contributed by atoms with Gasteiger partial charge >= 0.3 is 0 Å². The van der Waals surface area contributed by atoms with Gasteiger partial charge in [-0.05, 0) is 18.2 Å². The smallest absolute Gasteiger partial charge is 0.119 e. The molecule has 1 heterocycles. The lowest BCUT2D eigenvalue weighted by Gasteiger charge is -2.09. The zero-order valence-electron chi connectivity index (χ0n) is 11.0. The van der Waals surface area contributed by atoms with E-state index in [2.05, 4.69) is 15.5 Å². The highest BCUT2D eigenvalue weighted by Gasteiger charge is 2.01. The largest absolute Gasteiger partial charge is 0.492 e. The highest BCUT2D eigenvalue weighted by Crippen LogP contribution is 2.19. The van der Waals surface area contributed by atoms with E-state index in [0.717, 1.165) is 22.3 Å². The first-order chi connectivity index (χ1) is 9.93. The van der Waals surface area contributed by atoms with Crippen LogP contribution in [-0.4, -0.2) is 23.3 Å². The molecule has 0 fully saturated rings. The maximum Gasteiger partial charge on any atom is 0.119 e. The molecule has 4 nitrogen and oxygen atoms in total. The normalized spacial score (nSPS) is 10.4. The van der Waals surface area contributed by atoms with Crippen molar-refractivity contribution in [2.45, 2.75) is 0 Å². The van der Waals surface area contributed by atoms with Crippen LogP contribution in [0.15, 0.2) is 60.8 Å². The van der Waals surface area contributed by atoms with Gasteiger partial charge in [0.1, 0.15) is 12.4 Å². The van der Waals surface area contributed by atoms with Crippen LogP contribution in [0, 0.1) is 0 Å². The van der Waals surface area contributed by atoms with Crippen LogP contribution in [0.1, 0.15) is 0 Å². The molecular formula is C16H15N3O. The average molecular weight is 265 g/mol. The molecule has 0 unspecified atom stereocenters. The molecule has 3 aromatic rings. The van der Waals surface area contributed by atoms with Crippen molar-refractivity contribution in [2.24, 2.45) is 0 Å². The Morgan fingerprint density at radius 1 is 0.950 bits per heavy atom. The SMILES string of the molecule is c1ccc(OCCNc2cnnc3ccccc23)cc1. The highest BCUT2D eigenvalue weighted by molar-refractivity contribution is 5.90. The van der Waals surface area contributed by atoms with Crippen LogP contribution >= 0.6 is 0 Å². The van der Waals surface area contributed by atoms with Crippen LogP contribution < -0.4 is 10.1 Å². The average Bonchev–Trinajstić information content (AvgIpc) is 2.53.